The van der Waals surface area contributed by atoms with E-state index in [0.717, 1.165) is 29.8 Å². The van der Waals surface area contributed by atoms with Gasteiger partial charge in [-0.1, -0.05) is 24.3 Å². The zero-order valence-electron chi connectivity index (χ0n) is 11.8. The highest BCUT2D eigenvalue weighted by Crippen LogP contribution is 2.31. The highest BCUT2D eigenvalue weighted by Gasteiger charge is 2.23. The number of methoxy groups -OCH3 is 1. The molecule has 0 bridgehead atoms. The summed E-state index contributed by atoms with van der Waals surface area (Å²) in [6.45, 7) is 0.734. The van der Waals surface area contributed by atoms with E-state index >= 15 is 0 Å². The first-order valence-corrected chi connectivity index (χ1v) is 7.07. The number of hydrogen-bond donors (Lipinski definition) is 0. The van der Waals surface area contributed by atoms with Gasteiger partial charge in [0, 0.05) is 11.6 Å². The van der Waals surface area contributed by atoms with Gasteiger partial charge in [0.2, 0.25) is 0 Å². The van der Waals surface area contributed by atoms with Crippen LogP contribution in [0.3, 0.4) is 0 Å². The molecule has 1 aromatic heterocycles. The molecule has 0 fully saturated rings. The van der Waals surface area contributed by atoms with E-state index in [4.69, 9.17) is 9.47 Å². The van der Waals surface area contributed by atoms with Gasteiger partial charge < -0.3 is 9.47 Å². The molecule has 4 heteroatoms. The minimum Gasteiger partial charge on any atom is -0.497 e. The van der Waals surface area contributed by atoms with Crippen molar-refractivity contribution in [1.29, 1.82) is 0 Å². The van der Waals surface area contributed by atoms with E-state index in [1.807, 2.05) is 24.5 Å². The van der Waals surface area contributed by atoms with Crippen molar-refractivity contribution in [2.45, 2.75) is 12.6 Å². The molecule has 4 nitrogen and oxygen atoms in total. The van der Waals surface area contributed by atoms with Crippen molar-refractivity contribution in [3.8, 4) is 5.75 Å². The predicted octanol–water partition coefficient (Wildman–Crippen LogP) is 3.16. The number of rotatable bonds is 2. The van der Waals surface area contributed by atoms with Gasteiger partial charge in [0.15, 0.2) is 6.23 Å². The SMILES string of the molecule is COc1ccc2c(c1)ncn2C1OCCc2ccccc21. The molecule has 106 valence electrons. The van der Waals surface area contributed by atoms with E-state index in [-0.39, 0.29) is 6.23 Å². The topological polar surface area (TPSA) is 36.3 Å². The Balaban J connectivity index is 1.84. The smallest absolute Gasteiger partial charge is 0.161 e. The minimum atomic E-state index is -0.103. The highest BCUT2D eigenvalue weighted by atomic mass is 16.5. The maximum absolute atomic E-state index is 6.01. The molecule has 1 aliphatic heterocycles. The van der Waals surface area contributed by atoms with Crippen molar-refractivity contribution < 1.29 is 9.47 Å². The van der Waals surface area contributed by atoms with Gasteiger partial charge >= 0.3 is 0 Å². The molecule has 1 unspecified atom stereocenters. The van der Waals surface area contributed by atoms with E-state index in [1.54, 1.807) is 7.11 Å². The van der Waals surface area contributed by atoms with Gasteiger partial charge in [0.05, 0.1) is 31.1 Å². The summed E-state index contributed by atoms with van der Waals surface area (Å²) in [4.78, 5) is 4.48. The fraction of sp³-hybridized carbons (Fsp3) is 0.235. The summed E-state index contributed by atoms with van der Waals surface area (Å²) < 4.78 is 13.3. The molecular formula is C17H16N2O2. The van der Waals surface area contributed by atoms with Gasteiger partial charge in [-0.05, 0) is 24.1 Å². The Morgan fingerprint density at radius 2 is 2.14 bits per heavy atom. The second-order valence-electron chi connectivity index (χ2n) is 5.18. The molecule has 0 amide bonds. The summed E-state index contributed by atoms with van der Waals surface area (Å²) in [5.74, 6) is 0.817. The summed E-state index contributed by atoms with van der Waals surface area (Å²) in [6, 6.07) is 14.4. The van der Waals surface area contributed by atoms with Gasteiger partial charge in [-0.3, -0.25) is 4.57 Å². The summed E-state index contributed by atoms with van der Waals surface area (Å²) >= 11 is 0. The standard InChI is InChI=1S/C17H16N2O2/c1-20-13-6-7-16-15(10-13)18-11-19(16)17-14-5-3-2-4-12(14)8-9-21-17/h2-7,10-11,17H,8-9H2,1H3. The molecule has 4 rings (SSSR count). The minimum absolute atomic E-state index is 0.103. The van der Waals surface area contributed by atoms with Crippen LogP contribution in [0.25, 0.3) is 11.0 Å². The number of aromatic nitrogens is 2. The quantitative estimate of drug-likeness (QED) is 0.723. The molecule has 0 aliphatic carbocycles. The van der Waals surface area contributed by atoms with E-state index in [9.17, 15) is 0 Å². The number of benzene rings is 2. The Bertz CT molecular complexity index is 794. The second-order valence-corrected chi connectivity index (χ2v) is 5.18. The van der Waals surface area contributed by atoms with Crippen molar-refractivity contribution in [3.05, 3.63) is 59.9 Å². The van der Waals surface area contributed by atoms with E-state index in [0.29, 0.717) is 0 Å². The third kappa shape index (κ3) is 1.99. The Labute approximate surface area is 122 Å². The fourth-order valence-corrected chi connectivity index (χ4v) is 2.93. The Kier molecular flexibility index (Phi) is 2.89. The van der Waals surface area contributed by atoms with Gasteiger partial charge in [-0.15, -0.1) is 0 Å². The molecule has 0 N–H and O–H groups in total. The van der Waals surface area contributed by atoms with Crippen LogP contribution < -0.4 is 4.74 Å². The summed E-state index contributed by atoms with van der Waals surface area (Å²) in [6.07, 6.45) is 2.71. The lowest BCUT2D eigenvalue weighted by Gasteiger charge is -2.27. The van der Waals surface area contributed by atoms with E-state index in [1.165, 1.54) is 11.1 Å². The van der Waals surface area contributed by atoms with Crippen LogP contribution in [-0.2, 0) is 11.2 Å². The van der Waals surface area contributed by atoms with Crippen LogP contribution in [0.5, 0.6) is 5.75 Å². The Hall–Kier alpha value is -2.33. The van der Waals surface area contributed by atoms with Crippen molar-refractivity contribution in [1.82, 2.24) is 9.55 Å². The van der Waals surface area contributed by atoms with Crippen LogP contribution in [-0.4, -0.2) is 23.3 Å². The molecule has 0 saturated carbocycles. The largest absolute Gasteiger partial charge is 0.497 e. The van der Waals surface area contributed by atoms with Crippen molar-refractivity contribution in [3.63, 3.8) is 0 Å². The maximum atomic E-state index is 6.01. The number of imidazole rings is 1. The average molecular weight is 280 g/mol. The molecule has 21 heavy (non-hydrogen) atoms. The molecule has 0 radical (unpaired) electrons. The first kappa shape index (κ1) is 12.4. The number of fused-ring (bicyclic) bond motifs is 2. The lowest BCUT2D eigenvalue weighted by atomic mass is 10.0. The molecule has 1 atom stereocenters. The molecule has 2 aromatic carbocycles. The van der Waals surface area contributed by atoms with Crippen LogP contribution in [0.2, 0.25) is 0 Å². The lowest BCUT2D eigenvalue weighted by molar-refractivity contribution is 0.0247. The van der Waals surface area contributed by atoms with Gasteiger partial charge in [0.1, 0.15) is 5.75 Å². The highest BCUT2D eigenvalue weighted by molar-refractivity contribution is 5.77. The second kappa shape index (κ2) is 4.90. The maximum Gasteiger partial charge on any atom is 0.161 e. The monoisotopic (exact) mass is 280 g/mol. The molecule has 2 heterocycles. The van der Waals surface area contributed by atoms with Crippen molar-refractivity contribution >= 4 is 11.0 Å². The molecule has 0 saturated heterocycles. The van der Waals surface area contributed by atoms with Gasteiger partial charge in [0.25, 0.3) is 0 Å². The normalized spacial score (nSPS) is 17.7. The van der Waals surface area contributed by atoms with Crippen LogP contribution in [0.15, 0.2) is 48.8 Å². The number of ether oxygens (including phenoxy) is 2. The number of nitrogens with zero attached hydrogens (tertiary/aromatic N) is 2. The Morgan fingerprint density at radius 1 is 1.24 bits per heavy atom. The zero-order chi connectivity index (χ0) is 14.2. The Morgan fingerprint density at radius 3 is 3.05 bits per heavy atom. The molecule has 0 spiro atoms. The first-order chi connectivity index (χ1) is 10.4. The molecule has 3 aromatic rings. The van der Waals surface area contributed by atoms with Gasteiger partial charge in [-0.25, -0.2) is 4.98 Å². The van der Waals surface area contributed by atoms with Crippen molar-refractivity contribution in [2.75, 3.05) is 13.7 Å². The van der Waals surface area contributed by atoms with E-state index in [2.05, 4.69) is 33.8 Å². The number of hydrogen-bond acceptors (Lipinski definition) is 3. The third-order valence-corrected chi connectivity index (χ3v) is 4.00. The third-order valence-electron chi connectivity index (χ3n) is 4.00. The first-order valence-electron chi connectivity index (χ1n) is 7.07. The lowest BCUT2D eigenvalue weighted by Crippen LogP contribution is -2.21. The average Bonchev–Trinajstić information content (AvgIpc) is 2.97. The van der Waals surface area contributed by atoms with Crippen LogP contribution in [0, 0.1) is 0 Å². The van der Waals surface area contributed by atoms with Crippen LogP contribution in [0.4, 0.5) is 0 Å². The fourth-order valence-electron chi connectivity index (χ4n) is 2.93. The van der Waals surface area contributed by atoms with Crippen LogP contribution >= 0.6 is 0 Å². The van der Waals surface area contributed by atoms with E-state index < -0.39 is 0 Å². The zero-order valence-corrected chi connectivity index (χ0v) is 11.8. The predicted molar refractivity (Wildman–Crippen MR) is 80.5 cm³/mol. The molecule has 1 aliphatic rings. The van der Waals surface area contributed by atoms with Crippen molar-refractivity contribution in [2.24, 2.45) is 0 Å². The summed E-state index contributed by atoms with van der Waals surface area (Å²) in [5.41, 5.74) is 4.54. The molecular weight excluding hydrogens is 264 g/mol. The van der Waals surface area contributed by atoms with Crippen LogP contribution in [0.1, 0.15) is 17.4 Å². The van der Waals surface area contributed by atoms with Gasteiger partial charge in [-0.2, -0.15) is 0 Å². The summed E-state index contributed by atoms with van der Waals surface area (Å²) in [7, 11) is 1.67. The summed E-state index contributed by atoms with van der Waals surface area (Å²) in [5, 5.41) is 0.